The highest BCUT2D eigenvalue weighted by Crippen LogP contribution is 2.29. The number of fused-ring (bicyclic) bond motifs is 1. The number of benzene rings is 1. The standard InChI is InChI=1S/C13H15FN2O.ClH/c14-11-8-10-2-7-17-13(10)12(9-11)16-5-1-3-15-4-6-16;/h2,7-9,15H,1,3-6H2;1H. The fourth-order valence-electron chi connectivity index (χ4n) is 2.35. The fourth-order valence-corrected chi connectivity index (χ4v) is 2.35. The van der Waals surface area contributed by atoms with Crippen molar-refractivity contribution in [3.05, 3.63) is 30.3 Å². The SMILES string of the molecule is Cl.Fc1cc(N2CCCNCC2)c2occc2c1. The van der Waals surface area contributed by atoms with Crippen molar-refractivity contribution in [2.24, 2.45) is 0 Å². The second-order valence-corrected chi connectivity index (χ2v) is 4.35. The summed E-state index contributed by atoms with van der Waals surface area (Å²) in [5.74, 6) is -0.203. The van der Waals surface area contributed by atoms with Crippen molar-refractivity contribution in [2.75, 3.05) is 31.1 Å². The van der Waals surface area contributed by atoms with E-state index in [0.29, 0.717) is 0 Å². The van der Waals surface area contributed by atoms with Crippen molar-refractivity contribution in [2.45, 2.75) is 6.42 Å². The minimum Gasteiger partial charge on any atom is -0.462 e. The fraction of sp³-hybridized carbons (Fsp3) is 0.385. The zero-order valence-corrected chi connectivity index (χ0v) is 10.8. The van der Waals surface area contributed by atoms with E-state index in [1.54, 1.807) is 18.4 Å². The van der Waals surface area contributed by atoms with E-state index < -0.39 is 0 Å². The van der Waals surface area contributed by atoms with Gasteiger partial charge in [0.1, 0.15) is 5.82 Å². The van der Waals surface area contributed by atoms with E-state index in [1.807, 2.05) is 0 Å². The summed E-state index contributed by atoms with van der Waals surface area (Å²) in [5, 5.41) is 4.17. The first-order chi connectivity index (χ1) is 8.34. The number of hydrogen-bond donors (Lipinski definition) is 1. The Kier molecular flexibility index (Phi) is 4.09. The van der Waals surface area contributed by atoms with Crippen LogP contribution >= 0.6 is 12.4 Å². The number of furan rings is 1. The van der Waals surface area contributed by atoms with Gasteiger partial charge in [-0.15, -0.1) is 12.4 Å². The van der Waals surface area contributed by atoms with Crippen LogP contribution in [0.15, 0.2) is 28.9 Å². The van der Waals surface area contributed by atoms with Gasteiger partial charge >= 0.3 is 0 Å². The summed E-state index contributed by atoms with van der Waals surface area (Å²) in [7, 11) is 0. The summed E-state index contributed by atoms with van der Waals surface area (Å²) in [6.45, 7) is 3.78. The molecule has 0 amide bonds. The molecule has 2 heterocycles. The van der Waals surface area contributed by atoms with Gasteiger partial charge in [-0.25, -0.2) is 4.39 Å². The van der Waals surface area contributed by atoms with Crippen LogP contribution in [0.4, 0.5) is 10.1 Å². The van der Waals surface area contributed by atoms with Crippen molar-refractivity contribution in [1.29, 1.82) is 0 Å². The van der Waals surface area contributed by atoms with Crippen LogP contribution in [-0.2, 0) is 0 Å². The van der Waals surface area contributed by atoms with E-state index in [9.17, 15) is 4.39 Å². The number of hydrogen-bond acceptors (Lipinski definition) is 3. The van der Waals surface area contributed by atoms with E-state index in [-0.39, 0.29) is 18.2 Å². The van der Waals surface area contributed by atoms with Gasteiger partial charge in [0, 0.05) is 31.1 Å². The molecule has 0 aliphatic carbocycles. The Morgan fingerprint density at radius 2 is 2.11 bits per heavy atom. The number of anilines is 1. The first kappa shape index (κ1) is 13.2. The normalized spacial score (nSPS) is 16.4. The third kappa shape index (κ3) is 2.44. The van der Waals surface area contributed by atoms with Gasteiger partial charge in [-0.05, 0) is 25.1 Å². The zero-order chi connectivity index (χ0) is 11.7. The minimum absolute atomic E-state index is 0. The Morgan fingerprint density at radius 1 is 1.22 bits per heavy atom. The first-order valence-electron chi connectivity index (χ1n) is 5.97. The van der Waals surface area contributed by atoms with Crippen molar-refractivity contribution in [3.63, 3.8) is 0 Å². The Morgan fingerprint density at radius 3 is 3.00 bits per heavy atom. The lowest BCUT2D eigenvalue weighted by Crippen LogP contribution is -2.27. The Bertz CT molecular complexity index is 521. The molecule has 5 heteroatoms. The smallest absolute Gasteiger partial charge is 0.157 e. The largest absolute Gasteiger partial charge is 0.462 e. The molecule has 1 aromatic heterocycles. The molecule has 1 fully saturated rings. The quantitative estimate of drug-likeness (QED) is 0.864. The predicted octanol–water partition coefficient (Wildman–Crippen LogP) is 2.79. The summed E-state index contributed by atoms with van der Waals surface area (Å²) in [6.07, 6.45) is 2.68. The van der Waals surface area contributed by atoms with Crippen LogP contribution in [0.25, 0.3) is 11.0 Å². The van der Waals surface area contributed by atoms with Crippen LogP contribution in [0.1, 0.15) is 6.42 Å². The highest BCUT2D eigenvalue weighted by molar-refractivity contribution is 5.89. The van der Waals surface area contributed by atoms with Crippen molar-refractivity contribution < 1.29 is 8.81 Å². The predicted molar refractivity (Wildman–Crippen MR) is 73.1 cm³/mol. The molecule has 1 aromatic carbocycles. The molecule has 1 saturated heterocycles. The van der Waals surface area contributed by atoms with Gasteiger partial charge in [-0.2, -0.15) is 0 Å². The molecule has 98 valence electrons. The lowest BCUT2D eigenvalue weighted by atomic mass is 10.2. The minimum atomic E-state index is -0.203. The molecule has 1 N–H and O–H groups in total. The van der Waals surface area contributed by atoms with Crippen LogP contribution in [0.3, 0.4) is 0 Å². The van der Waals surface area contributed by atoms with Crippen LogP contribution in [0.5, 0.6) is 0 Å². The first-order valence-corrected chi connectivity index (χ1v) is 5.97. The molecule has 0 atom stereocenters. The highest BCUT2D eigenvalue weighted by atomic mass is 35.5. The third-order valence-corrected chi connectivity index (χ3v) is 3.18. The summed E-state index contributed by atoms with van der Waals surface area (Å²) in [6, 6.07) is 4.88. The third-order valence-electron chi connectivity index (χ3n) is 3.18. The van der Waals surface area contributed by atoms with E-state index in [2.05, 4.69) is 10.2 Å². The Labute approximate surface area is 111 Å². The molecule has 0 unspecified atom stereocenters. The summed E-state index contributed by atoms with van der Waals surface area (Å²) in [4.78, 5) is 2.19. The molecule has 0 bridgehead atoms. The molecule has 1 aliphatic heterocycles. The topological polar surface area (TPSA) is 28.4 Å². The summed E-state index contributed by atoms with van der Waals surface area (Å²) < 4.78 is 19.0. The maximum atomic E-state index is 13.5. The molecule has 3 nitrogen and oxygen atoms in total. The lowest BCUT2D eigenvalue weighted by Gasteiger charge is -2.22. The van der Waals surface area contributed by atoms with Crippen LogP contribution in [0, 0.1) is 5.82 Å². The molecule has 0 spiro atoms. The van der Waals surface area contributed by atoms with E-state index >= 15 is 0 Å². The molecular weight excluding hydrogens is 255 g/mol. The van der Waals surface area contributed by atoms with Crippen LogP contribution < -0.4 is 10.2 Å². The van der Waals surface area contributed by atoms with Crippen molar-refractivity contribution >= 4 is 29.1 Å². The highest BCUT2D eigenvalue weighted by Gasteiger charge is 2.15. The Balaban J connectivity index is 0.00000120. The summed E-state index contributed by atoms with van der Waals surface area (Å²) >= 11 is 0. The van der Waals surface area contributed by atoms with E-state index in [4.69, 9.17) is 4.42 Å². The number of rotatable bonds is 1. The maximum Gasteiger partial charge on any atom is 0.157 e. The average molecular weight is 271 g/mol. The van der Waals surface area contributed by atoms with Gasteiger partial charge in [0.05, 0.1) is 12.0 Å². The molecule has 0 saturated carbocycles. The van der Waals surface area contributed by atoms with Crippen LogP contribution in [0.2, 0.25) is 0 Å². The molecule has 0 radical (unpaired) electrons. The van der Waals surface area contributed by atoms with Crippen molar-refractivity contribution in [3.8, 4) is 0 Å². The Hall–Kier alpha value is -1.26. The molecular formula is C13H16ClFN2O. The van der Waals surface area contributed by atoms with Gasteiger partial charge in [-0.1, -0.05) is 0 Å². The molecule has 1 aliphatic rings. The van der Waals surface area contributed by atoms with Gasteiger partial charge in [-0.3, -0.25) is 0 Å². The number of halogens is 2. The lowest BCUT2D eigenvalue weighted by molar-refractivity contribution is 0.606. The van der Waals surface area contributed by atoms with Gasteiger partial charge in [0.15, 0.2) is 5.58 Å². The zero-order valence-electron chi connectivity index (χ0n) is 9.99. The molecule has 3 rings (SSSR count). The average Bonchev–Trinajstić information content (AvgIpc) is 2.62. The van der Waals surface area contributed by atoms with E-state index in [1.165, 1.54) is 6.07 Å². The van der Waals surface area contributed by atoms with Gasteiger partial charge in [0.25, 0.3) is 0 Å². The second-order valence-electron chi connectivity index (χ2n) is 4.35. The molecule has 18 heavy (non-hydrogen) atoms. The number of nitrogens with zero attached hydrogens (tertiary/aromatic N) is 1. The van der Waals surface area contributed by atoms with Crippen LogP contribution in [-0.4, -0.2) is 26.2 Å². The maximum absolute atomic E-state index is 13.5. The summed E-state index contributed by atoms with van der Waals surface area (Å²) in [5.41, 5.74) is 1.65. The number of nitrogens with one attached hydrogen (secondary N) is 1. The second kappa shape index (κ2) is 5.59. The van der Waals surface area contributed by atoms with Gasteiger partial charge < -0.3 is 14.6 Å². The van der Waals surface area contributed by atoms with Gasteiger partial charge in [0.2, 0.25) is 0 Å². The van der Waals surface area contributed by atoms with Crippen molar-refractivity contribution in [1.82, 2.24) is 5.32 Å². The molecule has 2 aromatic rings. The van der Waals surface area contributed by atoms with E-state index in [0.717, 1.165) is 49.3 Å². The monoisotopic (exact) mass is 270 g/mol.